The van der Waals surface area contributed by atoms with E-state index in [4.69, 9.17) is 0 Å². The monoisotopic (exact) mass is 324 g/mol. The maximum Gasteiger partial charge on any atom is 0.429 e. The van der Waals surface area contributed by atoms with Crippen molar-refractivity contribution in [2.45, 2.75) is 18.2 Å². The third-order valence-corrected chi connectivity index (χ3v) is 3.78. The van der Waals surface area contributed by atoms with Gasteiger partial charge in [0.2, 0.25) is 5.60 Å². The number of ketones is 1. The lowest BCUT2D eigenvalue weighted by Gasteiger charge is -2.24. The van der Waals surface area contributed by atoms with E-state index in [1.54, 1.807) is 29.6 Å². The minimum Gasteiger partial charge on any atom is -0.369 e. The van der Waals surface area contributed by atoms with Crippen LogP contribution in [0.4, 0.5) is 13.2 Å². The van der Waals surface area contributed by atoms with Gasteiger partial charge in [-0.3, -0.25) is 4.79 Å². The first-order valence-corrected chi connectivity index (χ1v) is 7.14. The van der Waals surface area contributed by atoms with Crippen LogP contribution >= 0.6 is 11.3 Å². The van der Waals surface area contributed by atoms with Gasteiger partial charge in [0, 0.05) is 5.56 Å². The van der Waals surface area contributed by atoms with Crippen molar-refractivity contribution < 1.29 is 23.1 Å². The highest BCUT2D eigenvalue weighted by Gasteiger charge is 2.54. The van der Waals surface area contributed by atoms with E-state index >= 15 is 0 Å². The molecular formula is C16H11F3O2S. The number of aliphatic hydroxyl groups is 1. The molecule has 1 aromatic carbocycles. The topological polar surface area (TPSA) is 37.3 Å². The first-order valence-electron chi connectivity index (χ1n) is 6.26. The van der Waals surface area contributed by atoms with Crippen LogP contribution in [0.25, 0.3) is 0 Å². The van der Waals surface area contributed by atoms with Crippen LogP contribution in [0.2, 0.25) is 0 Å². The first-order chi connectivity index (χ1) is 10.3. The van der Waals surface area contributed by atoms with Crippen molar-refractivity contribution in [3.63, 3.8) is 0 Å². The molecular weight excluding hydrogens is 313 g/mol. The molecule has 1 heterocycles. The summed E-state index contributed by atoms with van der Waals surface area (Å²) in [6, 6.07) is 10.9. The van der Waals surface area contributed by atoms with Crippen LogP contribution in [0.5, 0.6) is 0 Å². The van der Waals surface area contributed by atoms with Gasteiger partial charge in [-0.2, -0.15) is 13.2 Å². The highest BCUT2D eigenvalue weighted by atomic mass is 32.1. The molecule has 0 spiro atoms. The maximum absolute atomic E-state index is 13.1. The summed E-state index contributed by atoms with van der Waals surface area (Å²) in [6.45, 7) is 0. The second-order valence-electron chi connectivity index (χ2n) is 4.55. The van der Waals surface area contributed by atoms with Crippen LogP contribution in [0, 0.1) is 11.8 Å². The van der Waals surface area contributed by atoms with Crippen LogP contribution < -0.4 is 0 Å². The van der Waals surface area contributed by atoms with E-state index in [0.29, 0.717) is 5.56 Å². The molecule has 0 aliphatic heterocycles. The number of benzene rings is 1. The van der Waals surface area contributed by atoms with Crippen molar-refractivity contribution in [2.75, 3.05) is 0 Å². The molecule has 1 aromatic heterocycles. The third kappa shape index (κ3) is 3.75. The molecule has 0 radical (unpaired) electrons. The van der Waals surface area contributed by atoms with Gasteiger partial charge in [-0.05, 0) is 23.6 Å². The lowest BCUT2D eigenvalue weighted by atomic mass is 9.95. The number of rotatable bonds is 3. The second kappa shape index (κ2) is 6.34. The third-order valence-electron chi connectivity index (χ3n) is 2.87. The second-order valence-corrected chi connectivity index (χ2v) is 5.50. The molecule has 114 valence electrons. The van der Waals surface area contributed by atoms with Crippen molar-refractivity contribution in [3.8, 4) is 11.8 Å². The molecule has 1 atom stereocenters. The van der Waals surface area contributed by atoms with Crippen molar-refractivity contribution in [3.05, 3.63) is 58.3 Å². The van der Waals surface area contributed by atoms with Crippen LogP contribution in [0.3, 0.4) is 0 Å². The van der Waals surface area contributed by atoms with Gasteiger partial charge < -0.3 is 5.11 Å². The van der Waals surface area contributed by atoms with Crippen LogP contribution in [0.1, 0.15) is 21.7 Å². The first kappa shape index (κ1) is 16.3. The van der Waals surface area contributed by atoms with E-state index in [1.165, 1.54) is 18.2 Å². The van der Waals surface area contributed by atoms with E-state index in [-0.39, 0.29) is 4.88 Å². The molecule has 1 unspecified atom stereocenters. The normalized spacial score (nSPS) is 13.8. The summed E-state index contributed by atoms with van der Waals surface area (Å²) < 4.78 is 39.3. The highest BCUT2D eigenvalue weighted by Crippen LogP contribution is 2.34. The van der Waals surface area contributed by atoms with E-state index in [2.05, 4.69) is 5.92 Å². The summed E-state index contributed by atoms with van der Waals surface area (Å²) in [6.07, 6.45) is -6.15. The Labute approximate surface area is 129 Å². The molecule has 2 rings (SSSR count). The maximum atomic E-state index is 13.1. The zero-order valence-electron chi connectivity index (χ0n) is 11.2. The number of hydrogen-bond donors (Lipinski definition) is 1. The van der Waals surface area contributed by atoms with E-state index in [0.717, 1.165) is 11.3 Å². The van der Waals surface area contributed by atoms with E-state index in [9.17, 15) is 23.1 Å². The Balaban J connectivity index is 2.29. The van der Waals surface area contributed by atoms with Crippen molar-refractivity contribution >= 4 is 17.1 Å². The van der Waals surface area contributed by atoms with E-state index in [1.807, 2.05) is 5.92 Å². The summed E-state index contributed by atoms with van der Waals surface area (Å²) in [5, 5.41) is 11.4. The molecule has 0 bridgehead atoms. The average Bonchev–Trinajstić information content (AvgIpc) is 2.99. The molecule has 2 nitrogen and oxygen atoms in total. The summed E-state index contributed by atoms with van der Waals surface area (Å²) in [5.74, 6) is 3.29. The zero-order valence-corrected chi connectivity index (χ0v) is 12.0. The average molecular weight is 324 g/mol. The highest BCUT2D eigenvalue weighted by molar-refractivity contribution is 7.12. The van der Waals surface area contributed by atoms with Crippen molar-refractivity contribution in [1.29, 1.82) is 0 Å². The smallest absolute Gasteiger partial charge is 0.369 e. The number of carbonyl (C=O) groups excluding carboxylic acids is 1. The molecule has 0 fully saturated rings. The molecule has 0 amide bonds. The van der Waals surface area contributed by atoms with Gasteiger partial charge in [-0.25, -0.2) is 0 Å². The quantitative estimate of drug-likeness (QED) is 0.691. The summed E-state index contributed by atoms with van der Waals surface area (Å²) in [4.78, 5) is 12.0. The number of hydrogen-bond acceptors (Lipinski definition) is 3. The summed E-state index contributed by atoms with van der Waals surface area (Å²) in [5.41, 5.74) is -3.04. The number of alkyl halides is 3. The lowest BCUT2D eigenvalue weighted by Crippen LogP contribution is -2.45. The molecule has 22 heavy (non-hydrogen) atoms. The van der Waals surface area contributed by atoms with Gasteiger partial charge in [-0.1, -0.05) is 36.1 Å². The number of carbonyl (C=O) groups is 1. The number of halogens is 3. The minimum atomic E-state index is -5.03. The standard InChI is InChI=1S/C16H11F3O2S/c17-16(18,19)15(21,9-8-12-5-2-1-3-6-12)11-13(20)14-7-4-10-22-14/h1-7,10,21H,11H2. The molecule has 1 N–H and O–H groups in total. The molecule has 0 aliphatic rings. The molecule has 0 aliphatic carbocycles. The Morgan fingerprint density at radius 3 is 2.36 bits per heavy atom. The molecule has 6 heteroatoms. The van der Waals surface area contributed by atoms with Gasteiger partial charge in [-0.15, -0.1) is 11.3 Å². The van der Waals surface area contributed by atoms with E-state index < -0.39 is 24.0 Å². The Hall–Kier alpha value is -2.10. The SMILES string of the molecule is O=C(CC(O)(C#Cc1ccccc1)C(F)(F)F)c1cccs1. The molecule has 2 aromatic rings. The van der Waals surface area contributed by atoms with Crippen LogP contribution in [-0.4, -0.2) is 22.7 Å². The van der Waals surface area contributed by atoms with Gasteiger partial charge >= 0.3 is 6.18 Å². The predicted octanol–water partition coefficient (Wildman–Crippen LogP) is 3.67. The summed E-state index contributed by atoms with van der Waals surface area (Å²) >= 11 is 1.02. The molecule has 0 saturated heterocycles. The van der Waals surface area contributed by atoms with Gasteiger partial charge in [0.1, 0.15) is 0 Å². The zero-order chi connectivity index (χ0) is 16.2. The predicted molar refractivity (Wildman–Crippen MR) is 77.6 cm³/mol. The largest absolute Gasteiger partial charge is 0.429 e. The van der Waals surface area contributed by atoms with Crippen LogP contribution in [-0.2, 0) is 0 Å². The summed E-state index contributed by atoms with van der Waals surface area (Å²) in [7, 11) is 0. The number of thiophene rings is 1. The Kier molecular flexibility index (Phi) is 4.69. The Morgan fingerprint density at radius 2 is 1.82 bits per heavy atom. The van der Waals surface area contributed by atoms with Crippen molar-refractivity contribution in [2.24, 2.45) is 0 Å². The fourth-order valence-corrected chi connectivity index (χ4v) is 2.33. The fraction of sp³-hybridized carbons (Fsp3) is 0.188. The Morgan fingerprint density at radius 1 is 1.14 bits per heavy atom. The van der Waals surface area contributed by atoms with Gasteiger partial charge in [0.25, 0.3) is 0 Å². The number of Topliss-reactive ketones (excluding diaryl/α,β-unsaturated/α-hetero) is 1. The van der Waals surface area contributed by atoms with Gasteiger partial charge in [0.05, 0.1) is 11.3 Å². The minimum absolute atomic E-state index is 0.157. The molecule has 0 saturated carbocycles. The van der Waals surface area contributed by atoms with Gasteiger partial charge in [0.15, 0.2) is 5.78 Å². The fourth-order valence-electron chi connectivity index (χ4n) is 1.67. The van der Waals surface area contributed by atoms with Crippen LogP contribution in [0.15, 0.2) is 47.8 Å². The Bertz CT molecular complexity index is 696. The van der Waals surface area contributed by atoms with Crippen molar-refractivity contribution in [1.82, 2.24) is 0 Å². The lowest BCUT2D eigenvalue weighted by molar-refractivity contribution is -0.233.